The number of halogens is 1. The lowest BCUT2D eigenvalue weighted by Gasteiger charge is -2.11. The molecule has 30 heavy (non-hydrogen) atoms. The lowest BCUT2D eigenvalue weighted by molar-refractivity contribution is 0.602. The van der Waals surface area contributed by atoms with Crippen LogP contribution in [0.25, 0.3) is 22.2 Å². The van der Waals surface area contributed by atoms with Gasteiger partial charge < -0.3 is 5.32 Å². The van der Waals surface area contributed by atoms with Gasteiger partial charge in [-0.1, -0.05) is 35.9 Å². The Bertz CT molecular complexity index is 1450. The zero-order valence-corrected chi connectivity index (χ0v) is 17.7. The molecule has 2 aromatic carbocycles. The topological polar surface area (TPSA) is 94.0 Å². The SMILES string of the molecule is Cn1c(=O)c(-c2ccccc2Cl)cc2cnc(Nc3cccc(S(C)(=O)=O)c3)nc21. The van der Waals surface area contributed by atoms with Gasteiger partial charge in [-0.15, -0.1) is 0 Å². The quantitative estimate of drug-likeness (QED) is 0.518. The minimum Gasteiger partial charge on any atom is -0.324 e. The summed E-state index contributed by atoms with van der Waals surface area (Å²) in [4.78, 5) is 21.8. The molecule has 0 atom stereocenters. The number of sulfone groups is 1. The van der Waals surface area contributed by atoms with Crippen LogP contribution in [0.2, 0.25) is 5.02 Å². The summed E-state index contributed by atoms with van der Waals surface area (Å²) < 4.78 is 25.0. The van der Waals surface area contributed by atoms with Gasteiger partial charge in [0.2, 0.25) is 5.95 Å². The molecule has 0 unspecified atom stereocenters. The van der Waals surface area contributed by atoms with Crippen molar-refractivity contribution in [1.29, 1.82) is 0 Å². The number of pyridine rings is 1. The van der Waals surface area contributed by atoms with E-state index >= 15 is 0 Å². The molecular formula is C21H17ClN4O3S. The molecular weight excluding hydrogens is 424 g/mol. The van der Waals surface area contributed by atoms with Crippen LogP contribution in [0.4, 0.5) is 11.6 Å². The van der Waals surface area contributed by atoms with Crippen molar-refractivity contribution >= 4 is 44.1 Å². The maximum atomic E-state index is 12.9. The summed E-state index contributed by atoms with van der Waals surface area (Å²) in [5.74, 6) is 0.244. The van der Waals surface area contributed by atoms with E-state index in [4.69, 9.17) is 11.6 Å². The lowest BCUT2D eigenvalue weighted by Crippen LogP contribution is -2.20. The highest BCUT2D eigenvalue weighted by molar-refractivity contribution is 7.90. The predicted octanol–water partition coefficient (Wildman–Crippen LogP) is 3.80. The first-order valence-corrected chi connectivity index (χ1v) is 11.2. The van der Waals surface area contributed by atoms with E-state index in [1.807, 2.05) is 6.07 Å². The number of hydrogen-bond acceptors (Lipinski definition) is 6. The number of anilines is 2. The molecule has 2 aromatic heterocycles. The van der Waals surface area contributed by atoms with Crippen molar-refractivity contribution in [2.75, 3.05) is 11.6 Å². The van der Waals surface area contributed by atoms with Crippen molar-refractivity contribution in [3.63, 3.8) is 0 Å². The second kappa shape index (κ2) is 7.55. The first-order valence-electron chi connectivity index (χ1n) is 8.93. The van der Waals surface area contributed by atoms with Crippen LogP contribution >= 0.6 is 11.6 Å². The van der Waals surface area contributed by atoms with Crippen LogP contribution in [0.1, 0.15) is 0 Å². The highest BCUT2D eigenvalue weighted by Crippen LogP contribution is 2.27. The largest absolute Gasteiger partial charge is 0.324 e. The molecule has 0 fully saturated rings. The van der Waals surface area contributed by atoms with Crippen LogP contribution < -0.4 is 10.9 Å². The molecule has 7 nitrogen and oxygen atoms in total. The number of aromatic nitrogens is 3. The molecule has 9 heteroatoms. The maximum absolute atomic E-state index is 12.9. The Hall–Kier alpha value is -3.23. The summed E-state index contributed by atoms with van der Waals surface area (Å²) in [6.45, 7) is 0. The van der Waals surface area contributed by atoms with E-state index in [1.54, 1.807) is 49.6 Å². The Labute approximate surface area is 177 Å². The van der Waals surface area contributed by atoms with Crippen LogP contribution in [0.15, 0.2) is 70.5 Å². The summed E-state index contributed by atoms with van der Waals surface area (Å²) in [5.41, 5.74) is 1.82. The van der Waals surface area contributed by atoms with Gasteiger partial charge in [0.25, 0.3) is 5.56 Å². The Morgan fingerprint density at radius 3 is 2.53 bits per heavy atom. The fourth-order valence-electron chi connectivity index (χ4n) is 3.11. The summed E-state index contributed by atoms with van der Waals surface area (Å²) >= 11 is 6.26. The van der Waals surface area contributed by atoms with Crippen LogP contribution in [0, 0.1) is 0 Å². The summed E-state index contributed by atoms with van der Waals surface area (Å²) in [6, 6.07) is 15.2. The van der Waals surface area contributed by atoms with E-state index in [2.05, 4.69) is 15.3 Å². The number of rotatable bonds is 4. The Morgan fingerprint density at radius 2 is 1.80 bits per heavy atom. The minimum atomic E-state index is -3.34. The average molecular weight is 441 g/mol. The maximum Gasteiger partial charge on any atom is 0.259 e. The minimum absolute atomic E-state index is 0.185. The zero-order valence-electron chi connectivity index (χ0n) is 16.1. The lowest BCUT2D eigenvalue weighted by atomic mass is 10.1. The van der Waals surface area contributed by atoms with E-state index in [0.717, 1.165) is 6.26 Å². The van der Waals surface area contributed by atoms with Gasteiger partial charge in [-0.25, -0.2) is 13.4 Å². The Kier molecular flexibility index (Phi) is 5.05. The van der Waals surface area contributed by atoms with Gasteiger partial charge in [-0.3, -0.25) is 9.36 Å². The highest BCUT2D eigenvalue weighted by atomic mass is 35.5. The number of benzene rings is 2. The molecule has 4 aromatic rings. The Morgan fingerprint density at radius 1 is 1.03 bits per heavy atom. The smallest absolute Gasteiger partial charge is 0.259 e. The van der Waals surface area contributed by atoms with E-state index in [1.165, 1.54) is 16.7 Å². The molecule has 0 spiro atoms. The summed E-state index contributed by atoms with van der Waals surface area (Å²) in [7, 11) is -1.71. The number of aryl methyl sites for hydroxylation is 1. The molecule has 0 aliphatic carbocycles. The van der Waals surface area contributed by atoms with Gasteiger partial charge >= 0.3 is 0 Å². The van der Waals surface area contributed by atoms with Crippen molar-refractivity contribution in [3.05, 3.63) is 76.2 Å². The van der Waals surface area contributed by atoms with Gasteiger partial charge in [0.15, 0.2) is 9.84 Å². The van der Waals surface area contributed by atoms with Crippen molar-refractivity contribution in [3.8, 4) is 11.1 Å². The molecule has 0 aliphatic rings. The predicted molar refractivity (Wildman–Crippen MR) is 118 cm³/mol. The van der Waals surface area contributed by atoms with Crippen LogP contribution in [0.5, 0.6) is 0 Å². The third-order valence-electron chi connectivity index (χ3n) is 4.63. The number of hydrogen-bond donors (Lipinski definition) is 1. The van der Waals surface area contributed by atoms with Gasteiger partial charge in [-0.05, 0) is 30.3 Å². The zero-order chi connectivity index (χ0) is 21.5. The van der Waals surface area contributed by atoms with Gasteiger partial charge in [0.05, 0.1) is 4.90 Å². The average Bonchev–Trinajstić information content (AvgIpc) is 2.71. The van der Waals surface area contributed by atoms with Gasteiger partial charge in [0, 0.05) is 46.7 Å². The first-order chi connectivity index (χ1) is 14.2. The first kappa shape index (κ1) is 20.1. The molecule has 4 rings (SSSR count). The number of fused-ring (bicyclic) bond motifs is 1. The highest BCUT2D eigenvalue weighted by Gasteiger charge is 2.14. The third-order valence-corrected chi connectivity index (χ3v) is 6.07. The van der Waals surface area contributed by atoms with Gasteiger partial charge in [0.1, 0.15) is 5.65 Å². The van der Waals surface area contributed by atoms with Gasteiger partial charge in [-0.2, -0.15) is 4.98 Å². The molecule has 0 radical (unpaired) electrons. The summed E-state index contributed by atoms with van der Waals surface area (Å²) in [6.07, 6.45) is 2.75. The fraction of sp³-hybridized carbons (Fsp3) is 0.0952. The standard InChI is InChI=1S/C21H17ClN4O3S/c1-26-19-13(10-17(20(26)27)16-8-3-4-9-18(16)22)12-23-21(25-19)24-14-6-5-7-15(11-14)30(2,28)29/h3-12H,1-2H3,(H,23,24,25). The monoisotopic (exact) mass is 440 g/mol. The molecule has 0 saturated carbocycles. The van der Waals surface area contributed by atoms with E-state index in [-0.39, 0.29) is 16.4 Å². The van der Waals surface area contributed by atoms with E-state index in [9.17, 15) is 13.2 Å². The fourth-order valence-corrected chi connectivity index (χ4v) is 4.02. The van der Waals surface area contributed by atoms with Crippen LogP contribution in [-0.2, 0) is 16.9 Å². The molecule has 152 valence electrons. The second-order valence-corrected chi connectivity index (χ2v) is 9.22. The van der Waals surface area contributed by atoms with E-state index < -0.39 is 9.84 Å². The molecule has 0 amide bonds. The van der Waals surface area contributed by atoms with Crippen LogP contribution in [-0.4, -0.2) is 29.2 Å². The number of nitrogens with zero attached hydrogens (tertiary/aromatic N) is 3. The van der Waals surface area contributed by atoms with E-state index in [0.29, 0.717) is 32.9 Å². The normalized spacial score (nSPS) is 11.6. The van der Waals surface area contributed by atoms with Crippen molar-refractivity contribution in [1.82, 2.24) is 14.5 Å². The summed E-state index contributed by atoms with van der Waals surface area (Å²) in [5, 5.41) is 4.14. The second-order valence-electron chi connectivity index (χ2n) is 6.80. The van der Waals surface area contributed by atoms with Crippen LogP contribution in [0.3, 0.4) is 0 Å². The molecule has 1 N–H and O–H groups in total. The Balaban J connectivity index is 1.78. The van der Waals surface area contributed by atoms with Crippen molar-refractivity contribution in [2.24, 2.45) is 7.05 Å². The molecule has 0 bridgehead atoms. The molecule has 2 heterocycles. The molecule has 0 aliphatic heterocycles. The molecule has 0 saturated heterocycles. The van der Waals surface area contributed by atoms with Crippen molar-refractivity contribution in [2.45, 2.75) is 4.90 Å². The van der Waals surface area contributed by atoms with Crippen molar-refractivity contribution < 1.29 is 8.42 Å². The third kappa shape index (κ3) is 3.79. The number of nitrogens with one attached hydrogen (secondary N) is 1.